The fourth-order valence-electron chi connectivity index (χ4n) is 1.77. The van der Waals surface area contributed by atoms with Gasteiger partial charge in [0.1, 0.15) is 23.0 Å². The monoisotopic (exact) mass is 264 g/mol. The molecule has 5 nitrogen and oxygen atoms in total. The van der Waals surface area contributed by atoms with E-state index >= 15 is 0 Å². The van der Waals surface area contributed by atoms with E-state index in [1.165, 1.54) is 0 Å². The van der Waals surface area contributed by atoms with Gasteiger partial charge in [0.2, 0.25) is 0 Å². The highest BCUT2D eigenvalue weighted by Gasteiger charge is 2.18. The Kier molecular flexibility index (Phi) is 3.79. The molecule has 0 aliphatic carbocycles. The number of carboxylic acids is 1. The molecule has 0 aliphatic heterocycles. The first-order chi connectivity index (χ1) is 9.11. The third kappa shape index (κ3) is 2.90. The van der Waals surface area contributed by atoms with E-state index in [2.05, 4.69) is 4.98 Å². The van der Waals surface area contributed by atoms with Gasteiger partial charge in [-0.05, 0) is 25.1 Å². The summed E-state index contributed by atoms with van der Waals surface area (Å²) in [6.07, 6.45) is 2.55. The lowest BCUT2D eigenvalue weighted by molar-refractivity contribution is 0.0696. The van der Waals surface area contributed by atoms with Gasteiger partial charge in [-0.2, -0.15) is 0 Å². The second-order valence-electron chi connectivity index (χ2n) is 3.92. The first-order valence-electron chi connectivity index (χ1n) is 5.78. The number of rotatable bonds is 5. The van der Waals surface area contributed by atoms with Crippen molar-refractivity contribution in [2.45, 2.75) is 13.5 Å². The van der Waals surface area contributed by atoms with Crippen molar-refractivity contribution < 1.29 is 18.7 Å². The molecule has 2 aromatic rings. The maximum Gasteiger partial charge on any atom is 0.339 e. The molecular formula is C13H13FN2O3. The number of furan rings is 1. The first-order valence-corrected chi connectivity index (χ1v) is 5.78. The number of pyridine rings is 1. The summed E-state index contributed by atoms with van der Waals surface area (Å²) in [5.41, 5.74) is -0.159. The normalized spacial score (nSPS) is 10.4. The molecule has 0 saturated heterocycles. The average Bonchev–Trinajstić information content (AvgIpc) is 2.89. The molecule has 2 rings (SSSR count). The van der Waals surface area contributed by atoms with Crippen molar-refractivity contribution >= 4 is 11.8 Å². The van der Waals surface area contributed by atoms with Crippen LogP contribution in [0.5, 0.6) is 0 Å². The molecule has 0 radical (unpaired) electrons. The topological polar surface area (TPSA) is 66.6 Å². The Morgan fingerprint density at radius 3 is 2.95 bits per heavy atom. The number of anilines is 1. The van der Waals surface area contributed by atoms with Crippen LogP contribution in [0, 0.1) is 5.82 Å². The van der Waals surface area contributed by atoms with Crippen LogP contribution in [0.15, 0.2) is 35.1 Å². The molecule has 0 amide bonds. The van der Waals surface area contributed by atoms with Crippen molar-refractivity contribution in [2.24, 2.45) is 0 Å². The van der Waals surface area contributed by atoms with Crippen LogP contribution < -0.4 is 4.90 Å². The molecule has 1 N–H and O–H groups in total. The molecule has 0 saturated carbocycles. The second-order valence-corrected chi connectivity index (χ2v) is 3.92. The molecule has 19 heavy (non-hydrogen) atoms. The molecule has 2 aromatic heterocycles. The summed E-state index contributed by atoms with van der Waals surface area (Å²) in [5, 5.41) is 9.10. The van der Waals surface area contributed by atoms with Crippen LogP contribution in [-0.4, -0.2) is 22.6 Å². The first kappa shape index (κ1) is 13.1. The van der Waals surface area contributed by atoms with Crippen LogP contribution in [0.25, 0.3) is 0 Å². The van der Waals surface area contributed by atoms with Crippen LogP contribution in [0.1, 0.15) is 23.0 Å². The fourth-order valence-corrected chi connectivity index (χ4v) is 1.77. The summed E-state index contributed by atoms with van der Waals surface area (Å²) in [7, 11) is 0. The number of carbonyl (C=O) groups is 1. The summed E-state index contributed by atoms with van der Waals surface area (Å²) in [6, 6.07) is 4.50. The second kappa shape index (κ2) is 5.51. The summed E-state index contributed by atoms with van der Waals surface area (Å²) in [5.74, 6) is -0.966. The molecule has 0 spiro atoms. The maximum absolute atomic E-state index is 13.1. The Balaban J connectivity index is 2.35. The van der Waals surface area contributed by atoms with Crippen LogP contribution in [0.4, 0.5) is 10.2 Å². The lowest BCUT2D eigenvalue weighted by atomic mass is 10.2. The molecule has 0 atom stereocenters. The van der Waals surface area contributed by atoms with Gasteiger partial charge < -0.3 is 14.4 Å². The van der Waals surface area contributed by atoms with Crippen molar-refractivity contribution in [2.75, 3.05) is 11.4 Å². The van der Waals surface area contributed by atoms with E-state index in [-0.39, 0.29) is 11.4 Å². The summed E-state index contributed by atoms with van der Waals surface area (Å²) < 4.78 is 18.3. The van der Waals surface area contributed by atoms with Crippen molar-refractivity contribution in [1.82, 2.24) is 4.98 Å². The number of nitrogens with zero attached hydrogens (tertiary/aromatic N) is 2. The zero-order chi connectivity index (χ0) is 13.8. The van der Waals surface area contributed by atoms with E-state index in [9.17, 15) is 9.18 Å². The average molecular weight is 264 g/mol. The van der Waals surface area contributed by atoms with Gasteiger partial charge in [0.15, 0.2) is 0 Å². The van der Waals surface area contributed by atoms with Gasteiger partial charge in [0.05, 0.1) is 19.0 Å². The number of halogens is 1. The zero-order valence-corrected chi connectivity index (χ0v) is 10.3. The van der Waals surface area contributed by atoms with E-state index in [0.717, 1.165) is 12.3 Å². The van der Waals surface area contributed by atoms with Crippen LogP contribution in [-0.2, 0) is 6.54 Å². The summed E-state index contributed by atoms with van der Waals surface area (Å²) in [4.78, 5) is 16.7. The Hall–Kier alpha value is -2.37. The summed E-state index contributed by atoms with van der Waals surface area (Å²) in [6.45, 7) is 2.77. The largest absolute Gasteiger partial charge is 0.478 e. The van der Waals surface area contributed by atoms with Crippen LogP contribution in [0.2, 0.25) is 0 Å². The number of aromatic carboxylic acids is 1. The minimum absolute atomic E-state index is 0.159. The third-order valence-electron chi connectivity index (χ3n) is 2.67. The minimum atomic E-state index is -1.21. The van der Waals surface area contributed by atoms with Gasteiger partial charge in [0, 0.05) is 6.54 Å². The standard InChI is InChI=1S/C13H13FN2O3/c1-2-16(8-10-4-3-5-19-10)12-11(13(17)18)6-9(14)7-15-12/h3-7H,2,8H2,1H3,(H,17,18). The van der Waals surface area contributed by atoms with Gasteiger partial charge >= 0.3 is 5.97 Å². The predicted octanol–water partition coefficient (Wildman–Crippen LogP) is 2.54. The molecular weight excluding hydrogens is 251 g/mol. The van der Waals surface area contributed by atoms with E-state index in [0.29, 0.717) is 18.8 Å². The lowest BCUT2D eigenvalue weighted by Gasteiger charge is -2.22. The van der Waals surface area contributed by atoms with Gasteiger partial charge in [-0.15, -0.1) is 0 Å². The SMILES string of the molecule is CCN(Cc1ccco1)c1ncc(F)cc1C(=O)O. The number of aromatic nitrogens is 1. The van der Waals surface area contributed by atoms with Gasteiger partial charge in [-0.25, -0.2) is 14.2 Å². The molecule has 0 aromatic carbocycles. The Labute approximate surface area is 109 Å². The highest BCUT2D eigenvalue weighted by atomic mass is 19.1. The Morgan fingerprint density at radius 2 is 2.37 bits per heavy atom. The van der Waals surface area contributed by atoms with Crippen molar-refractivity contribution in [3.63, 3.8) is 0 Å². The number of hydrogen-bond donors (Lipinski definition) is 1. The molecule has 100 valence electrons. The molecule has 0 bridgehead atoms. The van der Waals surface area contributed by atoms with Crippen molar-refractivity contribution in [3.8, 4) is 0 Å². The number of carboxylic acid groups (broad SMARTS) is 1. The fraction of sp³-hybridized carbons (Fsp3) is 0.231. The summed E-state index contributed by atoms with van der Waals surface area (Å²) >= 11 is 0. The predicted molar refractivity (Wildman–Crippen MR) is 66.6 cm³/mol. The number of hydrogen-bond acceptors (Lipinski definition) is 4. The van der Waals surface area contributed by atoms with E-state index in [1.807, 2.05) is 6.92 Å². The highest BCUT2D eigenvalue weighted by Crippen LogP contribution is 2.20. The zero-order valence-electron chi connectivity index (χ0n) is 10.3. The van der Waals surface area contributed by atoms with Crippen molar-refractivity contribution in [1.29, 1.82) is 0 Å². The van der Waals surface area contributed by atoms with Gasteiger partial charge in [-0.3, -0.25) is 0 Å². The highest BCUT2D eigenvalue weighted by molar-refractivity contribution is 5.93. The van der Waals surface area contributed by atoms with Gasteiger partial charge in [-0.1, -0.05) is 0 Å². The smallest absolute Gasteiger partial charge is 0.339 e. The van der Waals surface area contributed by atoms with Crippen LogP contribution in [0.3, 0.4) is 0 Å². The third-order valence-corrected chi connectivity index (χ3v) is 2.67. The van der Waals surface area contributed by atoms with Crippen LogP contribution >= 0.6 is 0 Å². The molecule has 0 fully saturated rings. The quantitative estimate of drug-likeness (QED) is 0.898. The Bertz CT molecular complexity index is 569. The van der Waals surface area contributed by atoms with E-state index in [4.69, 9.17) is 9.52 Å². The molecule has 6 heteroatoms. The molecule has 2 heterocycles. The van der Waals surface area contributed by atoms with Gasteiger partial charge in [0.25, 0.3) is 0 Å². The van der Waals surface area contributed by atoms with E-state index in [1.54, 1.807) is 23.3 Å². The minimum Gasteiger partial charge on any atom is -0.478 e. The van der Waals surface area contributed by atoms with Crippen molar-refractivity contribution in [3.05, 3.63) is 47.8 Å². The maximum atomic E-state index is 13.1. The lowest BCUT2D eigenvalue weighted by Crippen LogP contribution is -2.25. The molecule has 0 aliphatic rings. The molecule has 0 unspecified atom stereocenters. The van der Waals surface area contributed by atoms with E-state index < -0.39 is 11.8 Å². The Morgan fingerprint density at radius 1 is 1.58 bits per heavy atom.